The number of amides is 1. The Morgan fingerprint density at radius 2 is 2.12 bits per heavy atom. The van der Waals surface area contributed by atoms with Gasteiger partial charge in [0.15, 0.2) is 0 Å². The molecule has 0 bridgehead atoms. The number of carboxylic acid groups (broad SMARTS) is 1. The van der Waals surface area contributed by atoms with Crippen LogP contribution in [0.15, 0.2) is 24.3 Å². The molecule has 2 aromatic rings. The van der Waals surface area contributed by atoms with Crippen molar-refractivity contribution in [1.29, 1.82) is 0 Å². The van der Waals surface area contributed by atoms with Crippen LogP contribution in [0.4, 0.5) is 4.39 Å². The second-order valence-electron chi connectivity index (χ2n) is 6.86. The number of carboxylic acids is 1. The largest absolute Gasteiger partial charge is 0.481 e. The molecule has 2 aliphatic rings. The van der Waals surface area contributed by atoms with Crippen LogP contribution in [0.1, 0.15) is 41.2 Å². The molecule has 1 N–H and O–H groups in total. The van der Waals surface area contributed by atoms with Gasteiger partial charge < -0.3 is 14.7 Å². The minimum Gasteiger partial charge on any atom is -0.481 e. The van der Waals surface area contributed by atoms with E-state index in [4.69, 9.17) is 9.84 Å². The fraction of sp³-hybridized carbons (Fsp3) is 0.421. The van der Waals surface area contributed by atoms with Crippen LogP contribution in [0.2, 0.25) is 0 Å². The molecule has 7 heteroatoms. The number of ether oxygens (including phenoxy) is 1. The van der Waals surface area contributed by atoms with E-state index < -0.39 is 17.8 Å². The molecular formula is C19H19FN2O4. The lowest BCUT2D eigenvalue weighted by Gasteiger charge is -2.35. The maximum Gasteiger partial charge on any atom is 0.305 e. The molecule has 1 amide bonds. The first-order chi connectivity index (χ1) is 12.5. The van der Waals surface area contributed by atoms with Crippen molar-refractivity contribution >= 4 is 22.8 Å². The maximum atomic E-state index is 13.8. The van der Waals surface area contributed by atoms with Gasteiger partial charge in [0.1, 0.15) is 5.82 Å². The Labute approximate surface area is 149 Å². The van der Waals surface area contributed by atoms with Crippen LogP contribution in [0.3, 0.4) is 0 Å². The van der Waals surface area contributed by atoms with Crippen LogP contribution in [0, 0.1) is 5.82 Å². The van der Waals surface area contributed by atoms with Gasteiger partial charge in [0.05, 0.1) is 36.8 Å². The van der Waals surface area contributed by atoms with Gasteiger partial charge in [0, 0.05) is 23.5 Å². The lowest BCUT2D eigenvalue weighted by molar-refractivity contribution is -0.139. The van der Waals surface area contributed by atoms with E-state index in [-0.39, 0.29) is 18.9 Å². The first kappa shape index (κ1) is 16.9. The molecule has 0 unspecified atom stereocenters. The standard InChI is InChI=1S/C19H19FN2O4/c20-12-3-4-16-14(7-12)15(9-17(21-16)11-1-2-11)19(25)22-5-6-26-10-13(22)8-18(23)24/h3-4,7,9,11,13H,1-2,5-6,8,10H2,(H,23,24)/t13-/m0/s1. The number of morpholine rings is 1. The lowest BCUT2D eigenvalue weighted by Crippen LogP contribution is -2.49. The number of pyridine rings is 1. The van der Waals surface area contributed by atoms with Gasteiger partial charge >= 0.3 is 5.97 Å². The minimum atomic E-state index is -0.984. The van der Waals surface area contributed by atoms with Gasteiger partial charge in [-0.05, 0) is 37.1 Å². The maximum absolute atomic E-state index is 13.8. The van der Waals surface area contributed by atoms with Crippen molar-refractivity contribution in [3.8, 4) is 0 Å². The predicted molar refractivity (Wildman–Crippen MR) is 91.6 cm³/mol. The summed E-state index contributed by atoms with van der Waals surface area (Å²) in [7, 11) is 0. The summed E-state index contributed by atoms with van der Waals surface area (Å²) >= 11 is 0. The summed E-state index contributed by atoms with van der Waals surface area (Å²) in [5, 5.41) is 9.57. The van der Waals surface area contributed by atoms with E-state index in [0.717, 1.165) is 18.5 Å². The van der Waals surface area contributed by atoms with Crippen molar-refractivity contribution in [2.75, 3.05) is 19.8 Å². The zero-order chi connectivity index (χ0) is 18.3. The summed E-state index contributed by atoms with van der Waals surface area (Å²) in [6.07, 6.45) is 1.89. The number of halogens is 1. The van der Waals surface area contributed by atoms with Crippen LogP contribution in [0.25, 0.3) is 10.9 Å². The van der Waals surface area contributed by atoms with E-state index in [2.05, 4.69) is 4.98 Å². The molecule has 1 saturated carbocycles. The SMILES string of the molecule is O=C(O)C[C@H]1COCCN1C(=O)c1cc(C2CC2)nc2ccc(F)cc12. The van der Waals surface area contributed by atoms with Gasteiger partial charge in [-0.15, -0.1) is 0 Å². The van der Waals surface area contributed by atoms with Crippen LogP contribution in [-0.4, -0.2) is 52.7 Å². The average Bonchev–Trinajstić information content (AvgIpc) is 3.45. The number of hydrogen-bond donors (Lipinski definition) is 1. The van der Waals surface area contributed by atoms with Crippen molar-refractivity contribution in [2.45, 2.75) is 31.2 Å². The number of carbonyl (C=O) groups is 2. The summed E-state index contributed by atoms with van der Waals surface area (Å²) in [4.78, 5) is 30.5. The molecule has 1 aromatic carbocycles. The van der Waals surface area contributed by atoms with Crippen molar-refractivity contribution in [1.82, 2.24) is 9.88 Å². The van der Waals surface area contributed by atoms with Gasteiger partial charge in [-0.3, -0.25) is 14.6 Å². The van der Waals surface area contributed by atoms with E-state index >= 15 is 0 Å². The van der Waals surface area contributed by atoms with Gasteiger partial charge in [-0.25, -0.2) is 4.39 Å². The highest BCUT2D eigenvalue weighted by Gasteiger charge is 2.32. The van der Waals surface area contributed by atoms with Gasteiger partial charge in [-0.1, -0.05) is 0 Å². The fourth-order valence-electron chi connectivity index (χ4n) is 3.43. The molecule has 2 fully saturated rings. The normalized spacial score (nSPS) is 20.3. The molecule has 1 aliphatic carbocycles. The number of benzene rings is 1. The first-order valence-corrected chi connectivity index (χ1v) is 8.73. The van der Waals surface area contributed by atoms with Crippen molar-refractivity contribution in [3.63, 3.8) is 0 Å². The van der Waals surface area contributed by atoms with E-state index in [9.17, 15) is 14.0 Å². The molecule has 6 nitrogen and oxygen atoms in total. The second kappa shape index (κ2) is 6.64. The van der Waals surface area contributed by atoms with E-state index in [0.29, 0.717) is 35.5 Å². The van der Waals surface area contributed by atoms with Gasteiger partial charge in [0.25, 0.3) is 5.91 Å². The number of hydrogen-bond acceptors (Lipinski definition) is 4. The van der Waals surface area contributed by atoms with E-state index in [1.54, 1.807) is 12.1 Å². The smallest absolute Gasteiger partial charge is 0.305 e. The van der Waals surface area contributed by atoms with Crippen LogP contribution in [-0.2, 0) is 9.53 Å². The van der Waals surface area contributed by atoms with Crippen LogP contribution in [0.5, 0.6) is 0 Å². The van der Waals surface area contributed by atoms with Crippen molar-refractivity contribution < 1.29 is 23.8 Å². The molecule has 0 radical (unpaired) electrons. The number of aliphatic carboxylic acids is 1. The Kier molecular flexibility index (Phi) is 4.32. The minimum absolute atomic E-state index is 0.182. The molecule has 4 rings (SSSR count). The van der Waals surface area contributed by atoms with E-state index in [1.807, 2.05) is 0 Å². The Balaban J connectivity index is 1.77. The average molecular weight is 358 g/mol. The monoisotopic (exact) mass is 358 g/mol. The molecule has 1 saturated heterocycles. The third-order valence-corrected chi connectivity index (χ3v) is 4.92. The molecule has 2 heterocycles. The number of aromatic nitrogens is 1. The molecule has 1 aromatic heterocycles. The molecule has 136 valence electrons. The Bertz CT molecular complexity index is 881. The summed E-state index contributed by atoms with van der Waals surface area (Å²) in [5.74, 6) is -1.37. The Hall–Kier alpha value is -2.54. The topological polar surface area (TPSA) is 79.7 Å². The highest BCUT2D eigenvalue weighted by Crippen LogP contribution is 2.40. The predicted octanol–water partition coefficient (Wildman–Crippen LogP) is 2.57. The second-order valence-corrected chi connectivity index (χ2v) is 6.86. The molecule has 0 spiro atoms. The number of carbonyl (C=O) groups excluding carboxylic acids is 1. The summed E-state index contributed by atoms with van der Waals surface area (Å²) in [6, 6.07) is 5.45. The molecular weight excluding hydrogens is 339 g/mol. The number of rotatable bonds is 4. The first-order valence-electron chi connectivity index (χ1n) is 8.73. The van der Waals surface area contributed by atoms with Crippen molar-refractivity contribution in [2.24, 2.45) is 0 Å². The highest BCUT2D eigenvalue weighted by molar-refractivity contribution is 6.06. The Morgan fingerprint density at radius 1 is 1.31 bits per heavy atom. The Morgan fingerprint density at radius 3 is 2.85 bits per heavy atom. The summed E-state index contributed by atoms with van der Waals surface area (Å²) in [6.45, 7) is 0.855. The third kappa shape index (κ3) is 3.26. The quantitative estimate of drug-likeness (QED) is 0.909. The number of nitrogens with zero attached hydrogens (tertiary/aromatic N) is 2. The van der Waals surface area contributed by atoms with Crippen molar-refractivity contribution in [3.05, 3.63) is 41.3 Å². The highest BCUT2D eigenvalue weighted by atomic mass is 19.1. The fourth-order valence-corrected chi connectivity index (χ4v) is 3.43. The van der Waals surface area contributed by atoms with Crippen LogP contribution < -0.4 is 0 Å². The summed E-state index contributed by atoms with van der Waals surface area (Å²) < 4.78 is 19.1. The zero-order valence-corrected chi connectivity index (χ0v) is 14.2. The lowest BCUT2D eigenvalue weighted by atomic mass is 10.0. The van der Waals surface area contributed by atoms with Crippen LogP contribution >= 0.6 is 0 Å². The summed E-state index contributed by atoms with van der Waals surface area (Å²) in [5.41, 5.74) is 1.81. The van der Waals surface area contributed by atoms with E-state index in [1.165, 1.54) is 17.0 Å². The zero-order valence-electron chi connectivity index (χ0n) is 14.2. The number of fused-ring (bicyclic) bond motifs is 1. The molecule has 1 aliphatic heterocycles. The van der Waals surface area contributed by atoms with Gasteiger partial charge in [0.2, 0.25) is 0 Å². The molecule has 26 heavy (non-hydrogen) atoms. The molecule has 1 atom stereocenters. The third-order valence-electron chi connectivity index (χ3n) is 4.92. The van der Waals surface area contributed by atoms with Gasteiger partial charge in [-0.2, -0.15) is 0 Å².